The van der Waals surface area contributed by atoms with E-state index in [4.69, 9.17) is 19.6 Å². The minimum atomic E-state index is -0.778. The molecule has 0 saturated heterocycles. The number of nitrogens with zero attached hydrogens (tertiary/aromatic N) is 1. The average molecular weight is 402 g/mol. The van der Waals surface area contributed by atoms with E-state index in [1.807, 2.05) is 37.3 Å². The van der Waals surface area contributed by atoms with E-state index >= 15 is 0 Å². The van der Waals surface area contributed by atoms with Crippen molar-refractivity contribution in [2.45, 2.75) is 19.4 Å². The zero-order valence-corrected chi connectivity index (χ0v) is 16.1. The molecule has 3 aromatic rings. The Labute approximate surface area is 172 Å². The van der Waals surface area contributed by atoms with Crippen LogP contribution in [0.2, 0.25) is 0 Å². The van der Waals surface area contributed by atoms with E-state index in [1.165, 1.54) is 0 Å². The molecule has 0 spiro atoms. The smallest absolute Gasteiger partial charge is 0.228 e. The van der Waals surface area contributed by atoms with Gasteiger partial charge in [0.1, 0.15) is 35.5 Å². The molecule has 0 radical (unpaired) electrons. The number of hydrogen-bond donors (Lipinski definition) is 2. The van der Waals surface area contributed by atoms with Crippen molar-refractivity contribution in [2.24, 2.45) is 5.73 Å². The van der Waals surface area contributed by atoms with Gasteiger partial charge in [0.25, 0.3) is 0 Å². The monoisotopic (exact) mass is 402 g/mol. The third kappa shape index (κ3) is 3.52. The molecule has 7 heteroatoms. The van der Waals surface area contributed by atoms with Gasteiger partial charge in [0.15, 0.2) is 5.76 Å². The molecule has 1 aliphatic heterocycles. The van der Waals surface area contributed by atoms with Gasteiger partial charge in [0.05, 0.1) is 5.92 Å². The molecule has 1 aliphatic rings. The summed E-state index contributed by atoms with van der Waals surface area (Å²) in [4.78, 5) is 12.4. The van der Waals surface area contributed by atoms with Crippen molar-refractivity contribution >= 4 is 0 Å². The number of nitrogens with two attached hydrogens (primary N) is 1. The third-order valence-electron chi connectivity index (χ3n) is 4.73. The van der Waals surface area contributed by atoms with Crippen molar-refractivity contribution in [3.05, 3.63) is 98.9 Å². The number of ether oxygens (including phenoxy) is 2. The van der Waals surface area contributed by atoms with Crippen LogP contribution in [0.3, 0.4) is 0 Å². The van der Waals surface area contributed by atoms with Gasteiger partial charge in [0, 0.05) is 6.07 Å². The molecule has 4 rings (SSSR count). The van der Waals surface area contributed by atoms with Crippen LogP contribution in [0.25, 0.3) is 0 Å². The van der Waals surface area contributed by atoms with E-state index in [9.17, 15) is 15.2 Å². The summed E-state index contributed by atoms with van der Waals surface area (Å²) in [6.45, 7) is 1.52. The second-order valence-corrected chi connectivity index (χ2v) is 6.84. The zero-order chi connectivity index (χ0) is 21.3. The average Bonchev–Trinajstić information content (AvgIpc) is 2.75. The van der Waals surface area contributed by atoms with Gasteiger partial charge in [-0.05, 0) is 36.8 Å². The van der Waals surface area contributed by atoms with E-state index in [0.717, 1.165) is 11.6 Å². The lowest BCUT2D eigenvalue weighted by Gasteiger charge is -2.25. The van der Waals surface area contributed by atoms with Gasteiger partial charge in [-0.15, -0.1) is 0 Å². The summed E-state index contributed by atoms with van der Waals surface area (Å²) in [7, 11) is 0. The number of aliphatic hydroxyl groups is 1. The normalized spacial score (nSPS) is 15.2. The fourth-order valence-corrected chi connectivity index (χ4v) is 3.29. The minimum absolute atomic E-state index is 0.0668. The standard InChI is InChI=1S/C23H18N2O5/c1-13-5-7-15(8-6-13)28-16-4-2-3-14(9-16)20-18(11-24)23(25)30-21-19(27)10-17(12-26)29-22(20)21/h2-10,20,26H,12,25H2,1H3. The number of allylic oxidation sites excluding steroid dienone is 1. The molecule has 30 heavy (non-hydrogen) atoms. The number of hydrogen-bond acceptors (Lipinski definition) is 7. The Morgan fingerprint density at radius 1 is 1.17 bits per heavy atom. The number of benzene rings is 2. The van der Waals surface area contributed by atoms with E-state index in [1.54, 1.807) is 24.3 Å². The molecule has 0 amide bonds. The van der Waals surface area contributed by atoms with E-state index in [0.29, 0.717) is 17.1 Å². The maximum absolute atomic E-state index is 12.4. The molecule has 3 N–H and O–H groups in total. The summed E-state index contributed by atoms with van der Waals surface area (Å²) in [6.07, 6.45) is 0. The Hall–Kier alpha value is -4.02. The fourth-order valence-electron chi connectivity index (χ4n) is 3.29. The van der Waals surface area contributed by atoms with E-state index < -0.39 is 18.0 Å². The van der Waals surface area contributed by atoms with Crippen LogP contribution >= 0.6 is 0 Å². The Morgan fingerprint density at radius 3 is 2.63 bits per heavy atom. The largest absolute Gasteiger partial charge is 0.458 e. The number of rotatable bonds is 4. The van der Waals surface area contributed by atoms with Crippen LogP contribution in [-0.2, 0) is 6.61 Å². The topological polar surface area (TPSA) is 119 Å². The predicted molar refractivity (Wildman–Crippen MR) is 108 cm³/mol. The lowest BCUT2D eigenvalue weighted by atomic mass is 9.87. The zero-order valence-electron chi connectivity index (χ0n) is 16.1. The number of nitriles is 1. The molecule has 0 fully saturated rings. The Bertz CT molecular complexity index is 1240. The molecule has 2 aromatic carbocycles. The van der Waals surface area contributed by atoms with Crippen LogP contribution in [0, 0.1) is 18.3 Å². The van der Waals surface area contributed by atoms with Crippen LogP contribution in [-0.4, -0.2) is 5.11 Å². The first kappa shape index (κ1) is 19.3. The molecule has 1 atom stereocenters. The van der Waals surface area contributed by atoms with Crippen LogP contribution < -0.4 is 20.6 Å². The molecule has 150 valence electrons. The highest BCUT2D eigenvalue weighted by Crippen LogP contribution is 2.41. The van der Waals surface area contributed by atoms with Crippen LogP contribution in [0.4, 0.5) is 0 Å². The summed E-state index contributed by atoms with van der Waals surface area (Å²) < 4.78 is 17.0. The Balaban J connectivity index is 1.81. The molecule has 0 bridgehead atoms. The van der Waals surface area contributed by atoms with Gasteiger partial charge in [-0.25, -0.2) is 0 Å². The van der Waals surface area contributed by atoms with Crippen LogP contribution in [0.5, 0.6) is 17.2 Å². The molecule has 1 aromatic heterocycles. The van der Waals surface area contributed by atoms with Crippen molar-refractivity contribution in [3.63, 3.8) is 0 Å². The maximum atomic E-state index is 12.4. The summed E-state index contributed by atoms with van der Waals surface area (Å²) in [6, 6.07) is 17.8. The summed E-state index contributed by atoms with van der Waals surface area (Å²) >= 11 is 0. The highest BCUT2D eigenvalue weighted by atomic mass is 16.5. The molecule has 0 aliphatic carbocycles. The first-order valence-corrected chi connectivity index (χ1v) is 9.20. The summed E-state index contributed by atoms with van der Waals surface area (Å²) in [5.41, 5.74) is 7.28. The molecule has 1 unspecified atom stereocenters. The molecular weight excluding hydrogens is 384 g/mol. The number of aliphatic hydroxyl groups excluding tert-OH is 1. The van der Waals surface area contributed by atoms with Gasteiger partial charge >= 0.3 is 0 Å². The van der Waals surface area contributed by atoms with E-state index in [-0.39, 0.29) is 28.7 Å². The maximum Gasteiger partial charge on any atom is 0.228 e. The third-order valence-corrected chi connectivity index (χ3v) is 4.73. The van der Waals surface area contributed by atoms with Crippen LogP contribution in [0.15, 0.2) is 75.3 Å². The molecule has 7 nitrogen and oxygen atoms in total. The molecule has 2 heterocycles. The number of fused-ring (bicyclic) bond motifs is 1. The summed E-state index contributed by atoms with van der Waals surface area (Å²) in [5.74, 6) is 0.347. The quantitative estimate of drug-likeness (QED) is 0.686. The first-order chi connectivity index (χ1) is 14.5. The number of aryl methyl sites for hydroxylation is 1. The van der Waals surface area contributed by atoms with Gasteiger partial charge in [-0.2, -0.15) is 5.26 Å². The minimum Gasteiger partial charge on any atom is -0.458 e. The van der Waals surface area contributed by atoms with Crippen molar-refractivity contribution in [3.8, 4) is 23.3 Å². The first-order valence-electron chi connectivity index (χ1n) is 9.20. The van der Waals surface area contributed by atoms with Crippen molar-refractivity contribution in [1.82, 2.24) is 0 Å². The molecular formula is C23H18N2O5. The Morgan fingerprint density at radius 2 is 1.93 bits per heavy atom. The van der Waals surface area contributed by atoms with E-state index in [2.05, 4.69) is 0 Å². The van der Waals surface area contributed by atoms with Crippen molar-refractivity contribution in [2.75, 3.05) is 0 Å². The lowest BCUT2D eigenvalue weighted by molar-refractivity contribution is 0.231. The fraction of sp³-hybridized carbons (Fsp3) is 0.130. The highest BCUT2D eigenvalue weighted by Gasteiger charge is 2.35. The van der Waals surface area contributed by atoms with Crippen molar-refractivity contribution in [1.29, 1.82) is 5.26 Å². The highest BCUT2D eigenvalue weighted by molar-refractivity contribution is 5.53. The van der Waals surface area contributed by atoms with Gasteiger partial charge in [-0.3, -0.25) is 4.79 Å². The SMILES string of the molecule is Cc1ccc(Oc2cccc(C3C(C#N)=C(N)Oc4c3oc(CO)cc4=O)c2)cc1. The Kier molecular flexibility index (Phi) is 5.00. The predicted octanol–water partition coefficient (Wildman–Crippen LogP) is 3.45. The second-order valence-electron chi connectivity index (χ2n) is 6.84. The van der Waals surface area contributed by atoms with Gasteiger partial charge < -0.3 is 24.7 Å². The van der Waals surface area contributed by atoms with Crippen molar-refractivity contribution < 1.29 is 19.0 Å². The van der Waals surface area contributed by atoms with Gasteiger partial charge in [-0.1, -0.05) is 29.8 Å². The van der Waals surface area contributed by atoms with Gasteiger partial charge in [0.2, 0.25) is 17.1 Å². The summed E-state index contributed by atoms with van der Waals surface area (Å²) in [5, 5.41) is 19.1. The molecule has 0 saturated carbocycles. The van der Waals surface area contributed by atoms with Crippen LogP contribution in [0.1, 0.15) is 28.6 Å². The second kappa shape index (κ2) is 7.78. The lowest BCUT2D eigenvalue weighted by Crippen LogP contribution is -2.25.